The molecule has 0 spiro atoms. The summed E-state index contributed by atoms with van der Waals surface area (Å²) in [6, 6.07) is 9.87. The number of carbonyl (C=O) groups excluding carboxylic acids is 2. The van der Waals surface area contributed by atoms with Crippen LogP contribution in [0, 0.1) is 0 Å². The molecule has 0 radical (unpaired) electrons. The summed E-state index contributed by atoms with van der Waals surface area (Å²) in [7, 11) is 0. The van der Waals surface area contributed by atoms with Crippen molar-refractivity contribution in [1.82, 2.24) is 14.9 Å². The maximum Gasteiger partial charge on any atom is 0.291 e. The van der Waals surface area contributed by atoms with Crippen LogP contribution in [0.15, 0.2) is 65.8 Å². The fourth-order valence-electron chi connectivity index (χ4n) is 2.37. The Morgan fingerprint density at radius 1 is 1.20 bits per heavy atom. The Hall–Kier alpha value is -3.35. The summed E-state index contributed by atoms with van der Waals surface area (Å²) < 4.78 is 6.93. The molecule has 0 saturated carbocycles. The van der Waals surface area contributed by atoms with Crippen molar-refractivity contribution in [1.29, 1.82) is 0 Å². The number of benzene rings is 1. The van der Waals surface area contributed by atoms with Crippen LogP contribution in [0.3, 0.4) is 0 Å². The molecule has 2 N–H and O–H groups in total. The summed E-state index contributed by atoms with van der Waals surface area (Å²) in [4.78, 5) is 28.1. The van der Waals surface area contributed by atoms with Gasteiger partial charge in [0.15, 0.2) is 5.76 Å². The zero-order chi connectivity index (χ0) is 17.6. The van der Waals surface area contributed by atoms with Crippen LogP contribution in [-0.4, -0.2) is 27.4 Å². The highest BCUT2D eigenvalue weighted by Gasteiger charge is 2.12. The van der Waals surface area contributed by atoms with E-state index >= 15 is 0 Å². The van der Waals surface area contributed by atoms with Crippen molar-refractivity contribution in [3.63, 3.8) is 0 Å². The number of hydrogen-bond acceptors (Lipinski definition) is 4. The molecule has 2 amide bonds. The highest BCUT2D eigenvalue weighted by Crippen LogP contribution is 2.12. The monoisotopic (exact) mass is 338 g/mol. The molecule has 1 atom stereocenters. The molecule has 3 rings (SSSR count). The average molecular weight is 338 g/mol. The van der Waals surface area contributed by atoms with E-state index in [0.717, 1.165) is 0 Å². The standard InChI is InChI=1S/C18H18N4O3/c1-13(11-22-9-8-19-12-22)20-17(23)14-4-6-15(7-5-14)21-18(24)16-3-2-10-25-16/h2-10,12-13H,11H2,1H3,(H,20,23)(H,21,24)/t13-/m1/s1. The van der Waals surface area contributed by atoms with Gasteiger partial charge in [0, 0.05) is 36.2 Å². The molecule has 128 valence electrons. The van der Waals surface area contributed by atoms with Gasteiger partial charge in [-0.1, -0.05) is 0 Å². The number of hydrogen-bond donors (Lipinski definition) is 2. The van der Waals surface area contributed by atoms with Crippen LogP contribution in [0.1, 0.15) is 27.8 Å². The number of imidazole rings is 1. The predicted octanol–water partition coefficient (Wildman–Crippen LogP) is 2.55. The second-order valence-corrected chi connectivity index (χ2v) is 5.64. The third kappa shape index (κ3) is 4.35. The number of furan rings is 1. The van der Waals surface area contributed by atoms with Crippen molar-refractivity contribution in [3.8, 4) is 0 Å². The van der Waals surface area contributed by atoms with E-state index in [0.29, 0.717) is 17.8 Å². The Balaban J connectivity index is 1.56. The van der Waals surface area contributed by atoms with E-state index in [-0.39, 0.29) is 23.6 Å². The van der Waals surface area contributed by atoms with Gasteiger partial charge in [0.2, 0.25) is 0 Å². The predicted molar refractivity (Wildman–Crippen MR) is 92.3 cm³/mol. The molecular formula is C18H18N4O3. The topological polar surface area (TPSA) is 89.2 Å². The van der Waals surface area contributed by atoms with Crippen molar-refractivity contribution >= 4 is 17.5 Å². The molecule has 0 saturated heterocycles. The van der Waals surface area contributed by atoms with Crippen LogP contribution in [0.4, 0.5) is 5.69 Å². The van der Waals surface area contributed by atoms with Gasteiger partial charge in [0.1, 0.15) is 0 Å². The maximum absolute atomic E-state index is 12.3. The number of nitrogens with one attached hydrogen (secondary N) is 2. The molecule has 7 nitrogen and oxygen atoms in total. The Morgan fingerprint density at radius 3 is 2.64 bits per heavy atom. The first-order valence-corrected chi connectivity index (χ1v) is 7.83. The van der Waals surface area contributed by atoms with E-state index in [9.17, 15) is 9.59 Å². The van der Waals surface area contributed by atoms with E-state index in [1.165, 1.54) is 6.26 Å². The zero-order valence-corrected chi connectivity index (χ0v) is 13.7. The Kier molecular flexibility index (Phi) is 4.94. The SMILES string of the molecule is C[C@H](Cn1ccnc1)NC(=O)c1ccc(NC(=O)c2ccco2)cc1. The highest BCUT2D eigenvalue weighted by molar-refractivity contribution is 6.02. The first-order valence-electron chi connectivity index (χ1n) is 7.83. The zero-order valence-electron chi connectivity index (χ0n) is 13.7. The minimum atomic E-state index is -0.337. The number of carbonyl (C=O) groups is 2. The van der Waals surface area contributed by atoms with Gasteiger partial charge in [-0.15, -0.1) is 0 Å². The van der Waals surface area contributed by atoms with Crippen molar-refractivity contribution < 1.29 is 14.0 Å². The van der Waals surface area contributed by atoms with Gasteiger partial charge in [0.05, 0.1) is 12.6 Å². The third-order valence-electron chi connectivity index (χ3n) is 3.57. The van der Waals surface area contributed by atoms with Crippen LogP contribution in [0.2, 0.25) is 0 Å². The lowest BCUT2D eigenvalue weighted by atomic mass is 10.1. The lowest BCUT2D eigenvalue weighted by molar-refractivity contribution is 0.0936. The van der Waals surface area contributed by atoms with E-state index in [1.54, 1.807) is 48.9 Å². The molecule has 0 unspecified atom stereocenters. The minimum absolute atomic E-state index is 0.0416. The molecule has 0 aliphatic heterocycles. The van der Waals surface area contributed by atoms with E-state index in [4.69, 9.17) is 4.42 Å². The van der Waals surface area contributed by atoms with E-state index < -0.39 is 0 Å². The first kappa shape index (κ1) is 16.5. The van der Waals surface area contributed by atoms with E-state index in [2.05, 4.69) is 15.6 Å². The summed E-state index contributed by atoms with van der Waals surface area (Å²) in [5.41, 5.74) is 1.11. The fourth-order valence-corrected chi connectivity index (χ4v) is 2.37. The fraction of sp³-hybridized carbons (Fsp3) is 0.167. The maximum atomic E-state index is 12.3. The number of amides is 2. The Bertz CT molecular complexity index is 824. The Morgan fingerprint density at radius 2 is 2.00 bits per heavy atom. The summed E-state index contributed by atoms with van der Waals surface area (Å²) in [5, 5.41) is 5.63. The van der Waals surface area contributed by atoms with Gasteiger partial charge in [-0.2, -0.15) is 0 Å². The molecule has 2 heterocycles. The first-order chi connectivity index (χ1) is 12.1. The quantitative estimate of drug-likeness (QED) is 0.723. The second kappa shape index (κ2) is 7.48. The molecule has 1 aromatic carbocycles. The number of rotatable bonds is 6. The molecule has 7 heteroatoms. The normalized spacial score (nSPS) is 11.7. The smallest absolute Gasteiger partial charge is 0.291 e. The highest BCUT2D eigenvalue weighted by atomic mass is 16.3. The molecule has 2 aromatic heterocycles. The number of nitrogens with zero attached hydrogens (tertiary/aromatic N) is 2. The molecule has 0 aliphatic carbocycles. The van der Waals surface area contributed by atoms with Crippen molar-refractivity contribution in [2.75, 3.05) is 5.32 Å². The average Bonchev–Trinajstić information content (AvgIpc) is 3.29. The van der Waals surface area contributed by atoms with Gasteiger partial charge >= 0.3 is 0 Å². The van der Waals surface area contributed by atoms with Crippen molar-refractivity contribution in [2.24, 2.45) is 0 Å². The summed E-state index contributed by atoms with van der Waals surface area (Å²) in [6.07, 6.45) is 6.69. The molecule has 0 aliphatic rings. The second-order valence-electron chi connectivity index (χ2n) is 5.64. The van der Waals surface area contributed by atoms with Gasteiger partial charge in [-0.25, -0.2) is 4.98 Å². The van der Waals surface area contributed by atoms with Crippen LogP contribution in [0.5, 0.6) is 0 Å². The Labute approximate surface area is 144 Å². The largest absolute Gasteiger partial charge is 0.459 e. The van der Waals surface area contributed by atoms with E-state index in [1.807, 2.05) is 17.7 Å². The van der Waals surface area contributed by atoms with Crippen LogP contribution in [0.25, 0.3) is 0 Å². The van der Waals surface area contributed by atoms with Crippen molar-refractivity contribution in [3.05, 3.63) is 72.7 Å². The third-order valence-corrected chi connectivity index (χ3v) is 3.57. The lowest BCUT2D eigenvalue weighted by Crippen LogP contribution is -2.35. The van der Waals surface area contributed by atoms with Gasteiger partial charge in [-0.05, 0) is 43.3 Å². The van der Waals surface area contributed by atoms with Crippen LogP contribution >= 0.6 is 0 Å². The van der Waals surface area contributed by atoms with Gasteiger partial charge < -0.3 is 19.6 Å². The van der Waals surface area contributed by atoms with Gasteiger partial charge in [-0.3, -0.25) is 9.59 Å². The number of anilines is 1. The molecule has 25 heavy (non-hydrogen) atoms. The lowest BCUT2D eigenvalue weighted by Gasteiger charge is -2.14. The molecule has 0 fully saturated rings. The van der Waals surface area contributed by atoms with Gasteiger partial charge in [0.25, 0.3) is 11.8 Å². The molecule has 0 bridgehead atoms. The van der Waals surface area contributed by atoms with Crippen LogP contribution < -0.4 is 10.6 Å². The minimum Gasteiger partial charge on any atom is -0.459 e. The molecule has 3 aromatic rings. The summed E-state index contributed by atoms with van der Waals surface area (Å²) >= 11 is 0. The van der Waals surface area contributed by atoms with Crippen LogP contribution in [-0.2, 0) is 6.54 Å². The number of aromatic nitrogens is 2. The summed E-state index contributed by atoms with van der Waals surface area (Å²) in [6.45, 7) is 2.57. The van der Waals surface area contributed by atoms with Crippen molar-refractivity contribution in [2.45, 2.75) is 19.5 Å². The summed E-state index contributed by atoms with van der Waals surface area (Å²) in [5.74, 6) is -0.275. The molecular weight excluding hydrogens is 320 g/mol.